The van der Waals surface area contributed by atoms with E-state index in [0.717, 1.165) is 33.5 Å². The molecule has 0 saturated heterocycles. The number of carbonyl (C=O) groups excluding carboxylic acids is 1. The molecule has 1 amide bonds. The Hall–Kier alpha value is -4.13. The van der Waals surface area contributed by atoms with E-state index in [2.05, 4.69) is 9.97 Å². The molecule has 188 valence electrons. The third-order valence-electron chi connectivity index (χ3n) is 6.03. The lowest BCUT2D eigenvalue weighted by molar-refractivity contribution is -0.119. The minimum Gasteiger partial charge on any atom is -0.288 e. The minimum absolute atomic E-state index is 0.148. The van der Waals surface area contributed by atoms with Crippen molar-refractivity contribution in [3.63, 3.8) is 0 Å². The minimum atomic E-state index is -1.79. The third-order valence-corrected chi connectivity index (χ3v) is 6.74. The van der Waals surface area contributed by atoms with Crippen molar-refractivity contribution < 1.29 is 9.00 Å². The summed E-state index contributed by atoms with van der Waals surface area (Å²) in [4.78, 5) is 23.8. The van der Waals surface area contributed by atoms with Gasteiger partial charge in [0.1, 0.15) is 33.8 Å². The first-order chi connectivity index (χ1) is 17.9. The number of anilines is 2. The lowest BCUT2D eigenvalue weighted by atomic mass is 10.0. The van der Waals surface area contributed by atoms with Gasteiger partial charge in [-0.25, -0.2) is 24.2 Å². The van der Waals surface area contributed by atoms with Crippen molar-refractivity contribution in [1.82, 2.24) is 14.5 Å². The first-order valence-electron chi connectivity index (χ1n) is 12.0. The van der Waals surface area contributed by atoms with Crippen LogP contribution in [0, 0.1) is 25.2 Å². The Bertz CT molecular complexity index is 1480. The molecule has 0 saturated carbocycles. The highest BCUT2D eigenvalue weighted by Gasteiger charge is 2.41. The average Bonchev–Trinajstić information content (AvgIpc) is 3.43. The molecule has 2 aromatic carbocycles. The number of pyridine rings is 1. The number of nitriles is 1. The van der Waals surface area contributed by atoms with Crippen LogP contribution in [0.1, 0.15) is 42.3 Å². The third kappa shape index (κ3) is 5.07. The lowest BCUT2D eigenvalue weighted by Crippen LogP contribution is -2.27. The van der Waals surface area contributed by atoms with Crippen LogP contribution in [0.15, 0.2) is 72.0 Å². The van der Waals surface area contributed by atoms with Gasteiger partial charge >= 0.3 is 0 Å². The summed E-state index contributed by atoms with van der Waals surface area (Å²) in [6.45, 7) is 7.96. The highest BCUT2D eigenvalue weighted by Crippen LogP contribution is 2.39. The molecule has 8 nitrogen and oxygen atoms in total. The van der Waals surface area contributed by atoms with Crippen molar-refractivity contribution >= 4 is 28.5 Å². The fourth-order valence-electron chi connectivity index (χ4n) is 4.49. The van der Waals surface area contributed by atoms with E-state index in [1.165, 1.54) is 6.20 Å². The Balaban J connectivity index is 0.00000156. The molecule has 37 heavy (non-hydrogen) atoms. The van der Waals surface area contributed by atoms with Crippen LogP contribution in [0.4, 0.5) is 11.6 Å². The molecule has 1 aliphatic heterocycles. The summed E-state index contributed by atoms with van der Waals surface area (Å²) in [7, 11) is -1.79. The highest BCUT2D eigenvalue weighted by molar-refractivity contribution is 7.82. The molecule has 3 heterocycles. The van der Waals surface area contributed by atoms with Gasteiger partial charge in [0.2, 0.25) is 5.95 Å². The summed E-state index contributed by atoms with van der Waals surface area (Å²) in [6, 6.07) is 18.6. The van der Waals surface area contributed by atoms with Gasteiger partial charge in [-0.3, -0.25) is 9.36 Å². The van der Waals surface area contributed by atoms with Gasteiger partial charge in [-0.1, -0.05) is 44.2 Å². The Morgan fingerprint density at radius 1 is 0.973 bits per heavy atom. The predicted molar refractivity (Wildman–Crippen MR) is 144 cm³/mol. The molecule has 0 radical (unpaired) electrons. The number of nitrogens with zero attached hydrogens (tertiary/aromatic N) is 5. The lowest BCUT2D eigenvalue weighted by Gasteiger charge is -2.17. The fourth-order valence-corrected chi connectivity index (χ4v) is 5.05. The van der Waals surface area contributed by atoms with Crippen molar-refractivity contribution in [3.05, 3.63) is 89.4 Å². The van der Waals surface area contributed by atoms with Gasteiger partial charge in [-0.15, -0.1) is 0 Å². The molecular weight excluding hydrogens is 484 g/mol. The molecule has 0 fully saturated rings. The van der Waals surface area contributed by atoms with Crippen molar-refractivity contribution in [2.45, 2.75) is 45.2 Å². The number of carbonyl (C=O) groups is 1. The van der Waals surface area contributed by atoms with E-state index in [-0.39, 0.29) is 5.91 Å². The summed E-state index contributed by atoms with van der Waals surface area (Å²) in [5.41, 5.74) is 5.93. The topological polar surface area (TPSA) is 118 Å². The number of aromatic nitrogens is 3. The van der Waals surface area contributed by atoms with E-state index in [1.54, 1.807) is 21.7 Å². The molecule has 4 aromatic rings. The van der Waals surface area contributed by atoms with Crippen molar-refractivity contribution in [2.24, 2.45) is 5.14 Å². The number of hydrogen-bond donors (Lipinski definition) is 1. The van der Waals surface area contributed by atoms with E-state index in [1.807, 2.05) is 82.3 Å². The molecule has 0 aliphatic carbocycles. The smallest absolute Gasteiger partial charge is 0.257 e. The fraction of sp³-hybridized carbons (Fsp3) is 0.214. The number of imidazole rings is 1. The zero-order valence-corrected chi connectivity index (χ0v) is 22.0. The second kappa shape index (κ2) is 10.9. The number of amides is 1. The van der Waals surface area contributed by atoms with Crippen LogP contribution >= 0.6 is 0 Å². The number of benzene rings is 2. The molecule has 0 spiro atoms. The highest BCUT2D eigenvalue weighted by atomic mass is 32.2. The van der Waals surface area contributed by atoms with Gasteiger partial charge in [-0.05, 0) is 60.4 Å². The van der Waals surface area contributed by atoms with E-state index in [0.29, 0.717) is 23.1 Å². The monoisotopic (exact) mass is 512 g/mol. The Morgan fingerprint density at radius 2 is 1.62 bits per heavy atom. The number of aryl methyl sites for hydroxylation is 2. The summed E-state index contributed by atoms with van der Waals surface area (Å²) in [5, 5.41) is 15.0. The largest absolute Gasteiger partial charge is 0.288 e. The zero-order valence-electron chi connectivity index (χ0n) is 21.2. The predicted octanol–water partition coefficient (Wildman–Crippen LogP) is 4.90. The second-order valence-electron chi connectivity index (χ2n) is 8.54. The van der Waals surface area contributed by atoms with Gasteiger partial charge in [0.15, 0.2) is 0 Å². The van der Waals surface area contributed by atoms with Crippen LogP contribution in [-0.2, 0) is 22.2 Å². The quantitative estimate of drug-likeness (QED) is 0.408. The summed E-state index contributed by atoms with van der Waals surface area (Å²) < 4.78 is 13.9. The van der Waals surface area contributed by atoms with Crippen LogP contribution < -0.4 is 10.0 Å². The van der Waals surface area contributed by atoms with Gasteiger partial charge in [0, 0.05) is 18.2 Å². The molecule has 2 unspecified atom stereocenters. The molecule has 0 bridgehead atoms. The number of hydrogen-bond acceptors (Lipinski definition) is 5. The number of nitrogens with two attached hydrogens (primary N) is 1. The number of rotatable bonds is 5. The Morgan fingerprint density at radius 3 is 2.19 bits per heavy atom. The summed E-state index contributed by atoms with van der Waals surface area (Å²) in [5.74, 6) is 0.268. The van der Waals surface area contributed by atoms with Crippen LogP contribution in [0.3, 0.4) is 0 Å². The Kier molecular flexibility index (Phi) is 7.62. The van der Waals surface area contributed by atoms with Gasteiger partial charge in [-0.2, -0.15) is 5.26 Å². The van der Waals surface area contributed by atoms with Crippen LogP contribution in [0.5, 0.6) is 0 Å². The zero-order chi connectivity index (χ0) is 26.7. The first kappa shape index (κ1) is 25.9. The maximum Gasteiger partial charge on any atom is 0.257 e. The molecule has 2 aromatic heterocycles. The van der Waals surface area contributed by atoms with Crippen LogP contribution in [-0.4, -0.2) is 24.7 Å². The molecule has 2 atom stereocenters. The van der Waals surface area contributed by atoms with E-state index in [4.69, 9.17) is 10.4 Å². The molecule has 2 N–H and O–H groups in total. The first-order valence-corrected chi connectivity index (χ1v) is 13.2. The molecule has 1 aliphatic rings. The standard InChI is InChI=1S/C26H22N6O2S.C2H6/c1-16-9-17(2)11-22(10-16)31-25(33)23(32-24(35(28)34)15-30-26(31)32)12-18-3-5-19(6-4-18)20-7-8-21(13-27)29-14-20;1-2/h3-11,14-15,23H,12,28H2,1-2H3;1-2H3. The molecular formula is C28H28N6O2S. The van der Waals surface area contributed by atoms with Crippen LogP contribution in [0.25, 0.3) is 11.1 Å². The number of fused-ring (bicyclic) bond motifs is 1. The SMILES string of the molecule is CC.Cc1cc(C)cc(N2C(=O)C(Cc3ccc(-c4ccc(C#N)nc4)cc3)n3c(S(N)=O)cnc32)c1. The Labute approximate surface area is 219 Å². The van der Waals surface area contributed by atoms with Gasteiger partial charge in [0.25, 0.3) is 5.91 Å². The van der Waals surface area contributed by atoms with E-state index in [9.17, 15) is 9.00 Å². The molecule has 9 heteroatoms. The van der Waals surface area contributed by atoms with Gasteiger partial charge in [0.05, 0.1) is 11.9 Å². The van der Waals surface area contributed by atoms with Gasteiger partial charge < -0.3 is 0 Å². The van der Waals surface area contributed by atoms with Crippen molar-refractivity contribution in [3.8, 4) is 17.2 Å². The summed E-state index contributed by atoms with van der Waals surface area (Å²) >= 11 is 0. The second-order valence-corrected chi connectivity index (χ2v) is 9.56. The van der Waals surface area contributed by atoms with E-state index >= 15 is 0 Å². The maximum absolute atomic E-state index is 13.7. The maximum atomic E-state index is 13.7. The van der Waals surface area contributed by atoms with Crippen LogP contribution in [0.2, 0.25) is 0 Å². The van der Waals surface area contributed by atoms with Crippen molar-refractivity contribution in [2.75, 3.05) is 4.90 Å². The summed E-state index contributed by atoms with van der Waals surface area (Å²) in [6.07, 6.45) is 3.53. The molecule has 5 rings (SSSR count). The van der Waals surface area contributed by atoms with E-state index < -0.39 is 17.0 Å². The average molecular weight is 513 g/mol. The normalized spacial score (nSPS) is 15.0. The van der Waals surface area contributed by atoms with Crippen molar-refractivity contribution in [1.29, 1.82) is 5.26 Å².